The Morgan fingerprint density at radius 2 is 2.07 bits per heavy atom. The van der Waals surface area contributed by atoms with Gasteiger partial charge in [0.25, 0.3) is 0 Å². The van der Waals surface area contributed by atoms with Gasteiger partial charge in [0.15, 0.2) is 5.16 Å². The van der Waals surface area contributed by atoms with Gasteiger partial charge < -0.3 is 14.7 Å². The third kappa shape index (κ3) is 3.25. The van der Waals surface area contributed by atoms with Gasteiger partial charge in [-0.15, -0.1) is 11.3 Å². The molecule has 0 fully saturated rings. The van der Waals surface area contributed by atoms with Crippen LogP contribution in [0.25, 0.3) is 21.5 Å². The second-order valence-electron chi connectivity index (χ2n) is 6.36. The average molecular weight is 412 g/mol. The van der Waals surface area contributed by atoms with E-state index in [1.807, 2.05) is 48.1 Å². The van der Waals surface area contributed by atoms with E-state index in [0.717, 1.165) is 38.7 Å². The van der Waals surface area contributed by atoms with Gasteiger partial charge in [-0.2, -0.15) is 0 Å². The van der Waals surface area contributed by atoms with Crippen molar-refractivity contribution in [1.82, 2.24) is 14.5 Å². The summed E-state index contributed by atoms with van der Waals surface area (Å²) in [5.41, 5.74) is 3.37. The van der Waals surface area contributed by atoms with Crippen molar-refractivity contribution in [1.29, 1.82) is 0 Å². The predicted molar refractivity (Wildman–Crippen MR) is 112 cm³/mol. The molecule has 3 heterocycles. The Balaban J connectivity index is 1.68. The first-order chi connectivity index (χ1) is 13.5. The van der Waals surface area contributed by atoms with Crippen LogP contribution in [0.1, 0.15) is 20.8 Å². The fourth-order valence-corrected chi connectivity index (χ4v) is 5.25. The van der Waals surface area contributed by atoms with Crippen LogP contribution in [0.3, 0.4) is 0 Å². The molecule has 0 atom stereocenters. The summed E-state index contributed by atoms with van der Waals surface area (Å²) in [5, 5.41) is 11.0. The minimum absolute atomic E-state index is 0.230. The van der Waals surface area contributed by atoms with Gasteiger partial charge in [0.1, 0.15) is 9.71 Å². The summed E-state index contributed by atoms with van der Waals surface area (Å²) in [6, 6.07) is 11.6. The van der Waals surface area contributed by atoms with Crippen LogP contribution in [-0.4, -0.2) is 25.6 Å². The highest BCUT2D eigenvalue weighted by molar-refractivity contribution is 7.98. The van der Waals surface area contributed by atoms with Crippen LogP contribution >= 0.6 is 23.1 Å². The minimum Gasteiger partial charge on any atom is -0.477 e. The fourth-order valence-electron chi connectivity index (χ4n) is 3.23. The normalized spacial score (nSPS) is 11.2. The quantitative estimate of drug-likeness (QED) is 0.478. The summed E-state index contributed by atoms with van der Waals surface area (Å²) < 4.78 is 2.02. The average Bonchev–Trinajstić information content (AvgIpc) is 3.20. The van der Waals surface area contributed by atoms with Crippen LogP contribution in [0.2, 0.25) is 0 Å². The van der Waals surface area contributed by atoms with E-state index in [1.165, 1.54) is 11.8 Å². The summed E-state index contributed by atoms with van der Waals surface area (Å²) in [6.45, 7) is 1.78. The van der Waals surface area contributed by atoms with Gasteiger partial charge >= 0.3 is 5.97 Å². The van der Waals surface area contributed by atoms with Crippen LogP contribution in [-0.2, 0) is 12.8 Å². The zero-order valence-corrected chi connectivity index (χ0v) is 16.9. The number of thiophene rings is 1. The Hall–Kier alpha value is -2.84. The lowest BCUT2D eigenvalue weighted by molar-refractivity contribution is 0.0701. The van der Waals surface area contributed by atoms with Crippen molar-refractivity contribution >= 4 is 39.3 Å². The fraction of sp³-hybridized carbons (Fsp3) is 0.150. The number of nitrogens with zero attached hydrogens (tertiary/aromatic N) is 2. The van der Waals surface area contributed by atoms with Gasteiger partial charge in [-0.3, -0.25) is 4.79 Å². The maximum Gasteiger partial charge on any atom is 0.346 e. The summed E-state index contributed by atoms with van der Waals surface area (Å²) in [7, 11) is 1.96. The molecule has 0 saturated heterocycles. The monoisotopic (exact) mass is 411 g/mol. The van der Waals surface area contributed by atoms with E-state index in [4.69, 9.17) is 0 Å². The van der Waals surface area contributed by atoms with Crippen LogP contribution in [0.5, 0.6) is 0 Å². The van der Waals surface area contributed by atoms with E-state index in [0.29, 0.717) is 16.1 Å². The number of H-pyrrole nitrogens is 1. The molecular formula is C20H17N3O3S2. The van der Waals surface area contributed by atoms with Crippen LogP contribution in [0.15, 0.2) is 52.5 Å². The highest BCUT2D eigenvalue weighted by atomic mass is 32.2. The number of aromatic nitrogens is 3. The lowest BCUT2D eigenvalue weighted by atomic mass is 10.1. The molecule has 0 aliphatic rings. The van der Waals surface area contributed by atoms with E-state index in [9.17, 15) is 14.7 Å². The van der Waals surface area contributed by atoms with Gasteiger partial charge in [0.2, 0.25) is 5.56 Å². The number of aromatic carboxylic acids is 1. The zero-order chi connectivity index (χ0) is 19.8. The predicted octanol–water partition coefficient (Wildman–Crippen LogP) is 4.29. The number of carboxylic acids is 1. The lowest BCUT2D eigenvalue weighted by Gasteiger charge is -2.07. The van der Waals surface area contributed by atoms with Crippen molar-refractivity contribution in [3.05, 3.63) is 69.0 Å². The van der Waals surface area contributed by atoms with Gasteiger partial charge in [0, 0.05) is 24.3 Å². The molecule has 0 aliphatic carbocycles. The molecule has 4 aromatic rings. The van der Waals surface area contributed by atoms with Gasteiger partial charge in [-0.1, -0.05) is 42.1 Å². The van der Waals surface area contributed by atoms with Crippen molar-refractivity contribution in [3.63, 3.8) is 0 Å². The molecule has 0 spiro atoms. The van der Waals surface area contributed by atoms with Gasteiger partial charge in [0.05, 0.1) is 11.9 Å². The SMILES string of the molecule is Cc1c(C(=O)O)sc2[nH]c(=O)cc(CSc3ncc(-c4ccccc4)n3C)c12. The molecule has 0 radical (unpaired) electrons. The van der Waals surface area contributed by atoms with E-state index < -0.39 is 5.97 Å². The molecule has 2 N–H and O–H groups in total. The van der Waals surface area contributed by atoms with Crippen molar-refractivity contribution in [3.8, 4) is 11.3 Å². The van der Waals surface area contributed by atoms with E-state index in [1.54, 1.807) is 13.0 Å². The number of nitrogens with one attached hydrogen (secondary N) is 1. The van der Waals surface area contributed by atoms with E-state index in [-0.39, 0.29) is 10.4 Å². The highest BCUT2D eigenvalue weighted by Crippen LogP contribution is 2.34. The van der Waals surface area contributed by atoms with Crippen molar-refractivity contribution in [2.75, 3.05) is 0 Å². The number of fused-ring (bicyclic) bond motifs is 1. The topological polar surface area (TPSA) is 88.0 Å². The molecule has 142 valence electrons. The van der Waals surface area contributed by atoms with Crippen molar-refractivity contribution in [2.24, 2.45) is 7.05 Å². The molecule has 0 aliphatic heterocycles. The largest absolute Gasteiger partial charge is 0.477 e. The Bertz CT molecular complexity index is 1240. The number of aromatic amines is 1. The van der Waals surface area contributed by atoms with E-state index in [2.05, 4.69) is 9.97 Å². The molecule has 4 rings (SSSR count). The number of imidazole rings is 1. The Labute approximate surface area is 168 Å². The molecule has 1 aromatic carbocycles. The molecule has 3 aromatic heterocycles. The molecule has 28 heavy (non-hydrogen) atoms. The number of rotatable bonds is 5. The molecule has 0 bridgehead atoms. The van der Waals surface area contributed by atoms with E-state index >= 15 is 0 Å². The maximum atomic E-state index is 12.0. The number of benzene rings is 1. The smallest absolute Gasteiger partial charge is 0.346 e. The highest BCUT2D eigenvalue weighted by Gasteiger charge is 2.19. The van der Waals surface area contributed by atoms with Crippen molar-refractivity contribution in [2.45, 2.75) is 17.8 Å². The summed E-state index contributed by atoms with van der Waals surface area (Å²) in [5.74, 6) is -0.453. The summed E-state index contributed by atoms with van der Waals surface area (Å²) >= 11 is 2.62. The number of hydrogen-bond donors (Lipinski definition) is 2. The third-order valence-electron chi connectivity index (χ3n) is 4.58. The van der Waals surface area contributed by atoms with Crippen LogP contribution < -0.4 is 5.56 Å². The summed E-state index contributed by atoms with van der Waals surface area (Å²) in [4.78, 5) is 31.6. The second-order valence-corrected chi connectivity index (χ2v) is 8.33. The van der Waals surface area contributed by atoms with Crippen LogP contribution in [0, 0.1) is 6.92 Å². The number of pyridine rings is 1. The van der Waals surface area contributed by atoms with Crippen molar-refractivity contribution < 1.29 is 9.90 Å². The van der Waals surface area contributed by atoms with Gasteiger partial charge in [-0.25, -0.2) is 9.78 Å². The first-order valence-corrected chi connectivity index (χ1v) is 10.3. The first kappa shape index (κ1) is 18.5. The van der Waals surface area contributed by atoms with Gasteiger partial charge in [-0.05, 0) is 23.6 Å². The number of hydrogen-bond acceptors (Lipinski definition) is 5. The Morgan fingerprint density at radius 1 is 1.32 bits per heavy atom. The molecule has 8 heteroatoms. The second kappa shape index (κ2) is 7.29. The number of thioether (sulfide) groups is 1. The summed E-state index contributed by atoms with van der Waals surface area (Å²) in [6.07, 6.45) is 1.84. The minimum atomic E-state index is -0.977. The van der Waals surface area contributed by atoms with Crippen LogP contribution in [0.4, 0.5) is 0 Å². The standard InChI is InChI=1S/C20H17N3O3S2/c1-11-16-13(8-15(24)22-18(16)28-17(11)19(25)26)10-27-20-21-9-14(23(20)2)12-6-4-3-5-7-12/h3-9H,10H2,1-2H3,(H,22,24)(H,25,26). The number of aryl methyl sites for hydroxylation is 1. The zero-order valence-electron chi connectivity index (χ0n) is 15.2. The molecular weight excluding hydrogens is 394 g/mol. The Morgan fingerprint density at radius 3 is 2.79 bits per heavy atom. The first-order valence-electron chi connectivity index (χ1n) is 8.54. The molecule has 0 amide bonds. The Kier molecular flexibility index (Phi) is 4.82. The maximum absolute atomic E-state index is 12.0. The molecule has 0 saturated carbocycles. The molecule has 6 nitrogen and oxygen atoms in total. The number of carbonyl (C=O) groups is 1. The third-order valence-corrected chi connectivity index (χ3v) is 6.86. The number of carboxylic acid groups (broad SMARTS) is 1. The molecule has 0 unspecified atom stereocenters. The lowest BCUT2D eigenvalue weighted by Crippen LogP contribution is -2.05.